The lowest BCUT2D eigenvalue weighted by molar-refractivity contribution is 0.323. The summed E-state index contributed by atoms with van der Waals surface area (Å²) >= 11 is 0. The van der Waals surface area contributed by atoms with Crippen LogP contribution in [0.1, 0.15) is 35.5 Å². The molecule has 1 aromatic carbocycles. The van der Waals surface area contributed by atoms with Gasteiger partial charge in [0.1, 0.15) is 16.3 Å². The molecule has 2 heterocycles. The van der Waals surface area contributed by atoms with Gasteiger partial charge in [0.2, 0.25) is 10.0 Å². The van der Waals surface area contributed by atoms with E-state index in [1.807, 2.05) is 25.1 Å². The molecule has 0 amide bonds. The summed E-state index contributed by atoms with van der Waals surface area (Å²) in [6.07, 6.45) is 0.673. The van der Waals surface area contributed by atoms with Gasteiger partial charge in [-0.3, -0.25) is 0 Å². The predicted octanol–water partition coefficient (Wildman–Crippen LogP) is 2.61. The first-order valence-corrected chi connectivity index (χ1v) is 8.91. The topological polar surface area (TPSA) is 72.6 Å². The molecule has 0 bridgehead atoms. The van der Waals surface area contributed by atoms with Crippen molar-refractivity contribution < 1.29 is 17.7 Å². The van der Waals surface area contributed by atoms with E-state index in [0.717, 1.165) is 16.9 Å². The Bertz CT molecular complexity index is 822. The molecule has 0 N–H and O–H groups in total. The highest BCUT2D eigenvalue weighted by molar-refractivity contribution is 7.89. The zero-order chi connectivity index (χ0) is 16.8. The van der Waals surface area contributed by atoms with Crippen LogP contribution in [0.5, 0.6) is 5.75 Å². The van der Waals surface area contributed by atoms with Gasteiger partial charge in [-0.1, -0.05) is 11.2 Å². The van der Waals surface area contributed by atoms with E-state index < -0.39 is 10.0 Å². The number of methoxy groups -OCH3 is 1. The molecule has 1 aliphatic rings. The van der Waals surface area contributed by atoms with Crippen LogP contribution in [0.4, 0.5) is 0 Å². The number of aryl methyl sites for hydroxylation is 2. The van der Waals surface area contributed by atoms with Gasteiger partial charge in [0.05, 0.1) is 7.11 Å². The van der Waals surface area contributed by atoms with Crippen molar-refractivity contribution in [2.45, 2.75) is 38.1 Å². The quantitative estimate of drug-likeness (QED) is 0.861. The average molecular weight is 336 g/mol. The number of ether oxygens (including phenoxy) is 1. The van der Waals surface area contributed by atoms with E-state index in [9.17, 15) is 8.42 Å². The molecule has 1 aromatic heterocycles. The van der Waals surface area contributed by atoms with E-state index in [-0.39, 0.29) is 10.9 Å². The third-order valence-electron chi connectivity index (χ3n) is 4.37. The highest BCUT2D eigenvalue weighted by Gasteiger charge is 2.37. The number of aromatic nitrogens is 1. The number of nitrogens with zero attached hydrogens (tertiary/aromatic N) is 2. The maximum Gasteiger partial charge on any atom is 0.249 e. The van der Waals surface area contributed by atoms with E-state index in [0.29, 0.717) is 24.4 Å². The summed E-state index contributed by atoms with van der Waals surface area (Å²) < 4.78 is 37.9. The Labute approximate surface area is 136 Å². The van der Waals surface area contributed by atoms with Crippen LogP contribution in [0, 0.1) is 13.8 Å². The van der Waals surface area contributed by atoms with Crippen LogP contribution in [0.25, 0.3) is 0 Å². The van der Waals surface area contributed by atoms with Gasteiger partial charge in [0.15, 0.2) is 5.76 Å². The highest BCUT2D eigenvalue weighted by Crippen LogP contribution is 2.36. The Balaban J connectivity index is 2.05. The summed E-state index contributed by atoms with van der Waals surface area (Å²) in [5, 5.41) is 3.77. The zero-order valence-electron chi connectivity index (χ0n) is 13.7. The van der Waals surface area contributed by atoms with Crippen molar-refractivity contribution in [1.82, 2.24) is 9.46 Å². The Morgan fingerprint density at radius 3 is 2.70 bits per heavy atom. The van der Waals surface area contributed by atoms with Crippen LogP contribution in [0.3, 0.4) is 0 Å². The molecule has 0 saturated heterocycles. The van der Waals surface area contributed by atoms with E-state index in [4.69, 9.17) is 9.26 Å². The van der Waals surface area contributed by atoms with E-state index in [1.54, 1.807) is 21.0 Å². The molecule has 0 radical (unpaired) electrons. The normalized spacial score (nSPS) is 18.7. The first-order chi connectivity index (χ1) is 10.9. The van der Waals surface area contributed by atoms with Gasteiger partial charge in [-0.25, -0.2) is 8.42 Å². The van der Waals surface area contributed by atoms with Gasteiger partial charge in [-0.2, -0.15) is 4.31 Å². The Hall–Kier alpha value is -1.86. The number of benzene rings is 1. The summed E-state index contributed by atoms with van der Waals surface area (Å²) in [4.78, 5) is 0.177. The lowest BCUT2D eigenvalue weighted by atomic mass is 9.95. The molecular formula is C16H20N2O4S. The molecule has 23 heavy (non-hydrogen) atoms. The summed E-state index contributed by atoms with van der Waals surface area (Å²) in [6, 6.07) is 5.55. The van der Waals surface area contributed by atoms with Crippen molar-refractivity contribution in [2.24, 2.45) is 0 Å². The molecular weight excluding hydrogens is 316 g/mol. The minimum absolute atomic E-state index is 0.177. The number of sulfonamides is 1. The van der Waals surface area contributed by atoms with Gasteiger partial charge in [0.25, 0.3) is 0 Å². The van der Waals surface area contributed by atoms with Gasteiger partial charge in [0, 0.05) is 12.6 Å². The SMILES string of the molecule is COc1ccc2c(c1)C(C)N(S(=O)(=O)c1c(C)noc1C)CC2. The summed E-state index contributed by atoms with van der Waals surface area (Å²) in [6.45, 7) is 5.60. The van der Waals surface area contributed by atoms with Crippen LogP contribution in [-0.4, -0.2) is 31.5 Å². The largest absolute Gasteiger partial charge is 0.497 e. The van der Waals surface area contributed by atoms with Crippen LogP contribution >= 0.6 is 0 Å². The van der Waals surface area contributed by atoms with Crippen molar-refractivity contribution in [3.8, 4) is 5.75 Å². The van der Waals surface area contributed by atoms with Crippen LogP contribution in [0.2, 0.25) is 0 Å². The highest BCUT2D eigenvalue weighted by atomic mass is 32.2. The predicted molar refractivity (Wildman–Crippen MR) is 85.0 cm³/mol. The molecule has 1 atom stereocenters. The zero-order valence-corrected chi connectivity index (χ0v) is 14.5. The van der Waals surface area contributed by atoms with E-state index >= 15 is 0 Å². The lowest BCUT2D eigenvalue weighted by Gasteiger charge is -2.34. The van der Waals surface area contributed by atoms with Gasteiger partial charge >= 0.3 is 0 Å². The number of hydrogen-bond acceptors (Lipinski definition) is 5. The molecule has 0 fully saturated rings. The van der Waals surface area contributed by atoms with Crippen LogP contribution in [0.15, 0.2) is 27.6 Å². The first kappa shape index (κ1) is 16.0. The molecule has 124 valence electrons. The molecule has 7 heteroatoms. The molecule has 2 aromatic rings. The maximum atomic E-state index is 13.1. The van der Waals surface area contributed by atoms with Crippen molar-refractivity contribution in [3.63, 3.8) is 0 Å². The molecule has 1 aliphatic heterocycles. The van der Waals surface area contributed by atoms with Crippen molar-refractivity contribution >= 4 is 10.0 Å². The molecule has 1 unspecified atom stereocenters. The third-order valence-corrected chi connectivity index (χ3v) is 6.59. The summed E-state index contributed by atoms with van der Waals surface area (Å²) in [5.74, 6) is 1.05. The molecule has 3 rings (SSSR count). The fourth-order valence-corrected chi connectivity index (χ4v) is 5.09. The second kappa shape index (κ2) is 5.65. The van der Waals surface area contributed by atoms with Gasteiger partial charge in [-0.15, -0.1) is 0 Å². The summed E-state index contributed by atoms with van der Waals surface area (Å²) in [7, 11) is -2.05. The fourth-order valence-electron chi connectivity index (χ4n) is 3.18. The Kier molecular flexibility index (Phi) is 3.93. The number of rotatable bonds is 3. The lowest BCUT2D eigenvalue weighted by Crippen LogP contribution is -2.39. The molecule has 0 spiro atoms. The smallest absolute Gasteiger partial charge is 0.249 e. The second-order valence-corrected chi connectivity index (χ2v) is 7.59. The second-order valence-electron chi connectivity index (χ2n) is 5.76. The standard InChI is InChI=1S/C16H20N2O4S/c1-10-16(12(3)22-17-10)23(19,20)18-8-7-13-5-6-14(21-4)9-15(13)11(18)2/h5-6,9,11H,7-8H2,1-4H3. The van der Waals surface area contributed by atoms with Gasteiger partial charge < -0.3 is 9.26 Å². The van der Waals surface area contributed by atoms with E-state index in [2.05, 4.69) is 5.16 Å². The van der Waals surface area contributed by atoms with Crippen LogP contribution in [-0.2, 0) is 16.4 Å². The number of hydrogen-bond donors (Lipinski definition) is 0. The minimum Gasteiger partial charge on any atom is -0.497 e. The van der Waals surface area contributed by atoms with Crippen molar-refractivity contribution in [1.29, 1.82) is 0 Å². The van der Waals surface area contributed by atoms with Crippen molar-refractivity contribution in [3.05, 3.63) is 40.8 Å². The summed E-state index contributed by atoms with van der Waals surface area (Å²) in [5.41, 5.74) is 2.53. The molecule has 0 saturated carbocycles. The number of fused-ring (bicyclic) bond motifs is 1. The van der Waals surface area contributed by atoms with Crippen molar-refractivity contribution in [2.75, 3.05) is 13.7 Å². The monoisotopic (exact) mass is 336 g/mol. The van der Waals surface area contributed by atoms with Gasteiger partial charge in [-0.05, 0) is 50.5 Å². The Morgan fingerprint density at radius 2 is 2.09 bits per heavy atom. The minimum atomic E-state index is -3.66. The third kappa shape index (κ3) is 2.53. The Morgan fingerprint density at radius 1 is 1.35 bits per heavy atom. The first-order valence-electron chi connectivity index (χ1n) is 7.47. The average Bonchev–Trinajstić information content (AvgIpc) is 2.86. The van der Waals surface area contributed by atoms with Crippen LogP contribution < -0.4 is 4.74 Å². The van der Waals surface area contributed by atoms with E-state index in [1.165, 1.54) is 4.31 Å². The maximum absolute atomic E-state index is 13.1. The molecule has 0 aliphatic carbocycles. The molecule has 6 nitrogen and oxygen atoms in total. The fraction of sp³-hybridized carbons (Fsp3) is 0.438.